The maximum atomic E-state index is 12.1. The van der Waals surface area contributed by atoms with Gasteiger partial charge in [-0.1, -0.05) is 40.9 Å². The number of halogens is 3. The molecule has 2 aromatic heterocycles. The summed E-state index contributed by atoms with van der Waals surface area (Å²) in [5, 5.41) is 5.55. The number of rotatable bonds is 3. The quantitative estimate of drug-likeness (QED) is 0.589. The lowest BCUT2D eigenvalue weighted by Crippen LogP contribution is -2.11. The number of hydrogen-bond donors (Lipinski definition) is 1. The Bertz CT molecular complexity index is 844. The van der Waals surface area contributed by atoms with Gasteiger partial charge < -0.3 is 0 Å². The molecule has 0 fully saturated rings. The van der Waals surface area contributed by atoms with Crippen molar-refractivity contribution in [1.82, 2.24) is 4.98 Å². The van der Waals surface area contributed by atoms with Gasteiger partial charge in [0.05, 0.1) is 10.0 Å². The smallest absolute Gasteiger partial charge is 0.257 e. The van der Waals surface area contributed by atoms with Crippen LogP contribution in [0.4, 0.5) is 5.13 Å². The van der Waals surface area contributed by atoms with Gasteiger partial charge in [-0.25, -0.2) is 4.98 Å². The molecular weight excluding hydrogens is 383 g/mol. The van der Waals surface area contributed by atoms with Gasteiger partial charge in [0.15, 0.2) is 5.13 Å². The maximum absolute atomic E-state index is 12.1. The predicted octanol–water partition coefficient (Wildman–Crippen LogP) is 6.08. The number of nitrogens with one attached hydrogen (secondary N) is 1. The van der Waals surface area contributed by atoms with E-state index in [1.165, 1.54) is 22.7 Å². The Labute approximate surface area is 149 Å². The van der Waals surface area contributed by atoms with Gasteiger partial charge in [-0.05, 0) is 24.3 Å². The highest BCUT2D eigenvalue weighted by Crippen LogP contribution is 2.39. The largest absolute Gasteiger partial charge is 0.298 e. The summed E-state index contributed by atoms with van der Waals surface area (Å²) < 4.78 is 1.17. The average Bonchev–Trinajstić information content (AvgIpc) is 3.05. The fourth-order valence-corrected chi connectivity index (χ4v) is 4.15. The van der Waals surface area contributed by atoms with Crippen molar-refractivity contribution in [3.05, 3.63) is 55.0 Å². The van der Waals surface area contributed by atoms with Gasteiger partial charge in [-0.3, -0.25) is 10.1 Å². The van der Waals surface area contributed by atoms with Crippen molar-refractivity contribution in [2.75, 3.05) is 5.32 Å². The summed E-state index contributed by atoms with van der Waals surface area (Å²) in [5.74, 6) is -0.266. The number of carbonyl (C=O) groups is 1. The Morgan fingerprint density at radius 1 is 1.18 bits per heavy atom. The van der Waals surface area contributed by atoms with Crippen LogP contribution in [0.25, 0.3) is 11.3 Å². The summed E-state index contributed by atoms with van der Waals surface area (Å²) in [6.07, 6.45) is 0. The van der Waals surface area contributed by atoms with E-state index >= 15 is 0 Å². The van der Waals surface area contributed by atoms with Crippen molar-refractivity contribution >= 4 is 68.5 Å². The van der Waals surface area contributed by atoms with Gasteiger partial charge >= 0.3 is 0 Å². The fourth-order valence-electron chi connectivity index (χ4n) is 1.77. The summed E-state index contributed by atoms with van der Waals surface area (Å²) in [6.45, 7) is 0. The zero-order valence-corrected chi connectivity index (χ0v) is 14.7. The minimum absolute atomic E-state index is 0.266. The molecule has 0 aliphatic heterocycles. The second kappa shape index (κ2) is 6.56. The van der Waals surface area contributed by atoms with Crippen molar-refractivity contribution in [2.45, 2.75) is 0 Å². The highest BCUT2D eigenvalue weighted by Gasteiger charge is 2.14. The van der Waals surface area contributed by atoms with E-state index in [1.807, 2.05) is 5.38 Å². The Balaban J connectivity index is 1.80. The van der Waals surface area contributed by atoms with Crippen LogP contribution in [-0.4, -0.2) is 10.9 Å². The molecule has 3 aromatic rings. The van der Waals surface area contributed by atoms with Crippen molar-refractivity contribution < 1.29 is 4.79 Å². The van der Waals surface area contributed by atoms with Crippen LogP contribution in [0.3, 0.4) is 0 Å². The van der Waals surface area contributed by atoms with Gasteiger partial charge in [0.2, 0.25) is 0 Å². The van der Waals surface area contributed by atoms with Gasteiger partial charge in [0.1, 0.15) is 4.34 Å². The van der Waals surface area contributed by atoms with Gasteiger partial charge in [0.25, 0.3) is 5.91 Å². The van der Waals surface area contributed by atoms with Gasteiger partial charge in [-0.15, -0.1) is 22.7 Å². The topological polar surface area (TPSA) is 42.0 Å². The van der Waals surface area contributed by atoms with E-state index in [-0.39, 0.29) is 5.91 Å². The molecule has 0 atom stereocenters. The number of benzene rings is 1. The van der Waals surface area contributed by atoms with Gasteiger partial charge in [0, 0.05) is 21.5 Å². The number of aromatic nitrogens is 1. The first kappa shape index (κ1) is 15.8. The molecule has 22 heavy (non-hydrogen) atoms. The number of anilines is 1. The Kier molecular flexibility index (Phi) is 4.70. The third-order valence-electron chi connectivity index (χ3n) is 2.74. The van der Waals surface area contributed by atoms with Crippen LogP contribution < -0.4 is 5.32 Å². The molecule has 1 N–H and O–H groups in total. The third kappa shape index (κ3) is 3.45. The van der Waals surface area contributed by atoms with Crippen molar-refractivity contribution in [3.8, 4) is 11.3 Å². The van der Waals surface area contributed by atoms with E-state index in [4.69, 9.17) is 34.8 Å². The van der Waals surface area contributed by atoms with Crippen molar-refractivity contribution in [3.63, 3.8) is 0 Å². The van der Waals surface area contributed by atoms with Crippen LogP contribution in [0.15, 0.2) is 35.7 Å². The summed E-state index contributed by atoms with van der Waals surface area (Å²) in [4.78, 5) is 16.5. The molecule has 0 saturated carbocycles. The first-order valence-corrected chi connectivity index (χ1v) is 8.83. The third-order valence-corrected chi connectivity index (χ3v) is 5.22. The van der Waals surface area contributed by atoms with E-state index < -0.39 is 0 Å². The normalized spacial score (nSPS) is 10.7. The Hall–Kier alpha value is -1.11. The molecule has 0 aliphatic rings. The van der Waals surface area contributed by atoms with Crippen LogP contribution in [0.1, 0.15) is 10.4 Å². The average molecular weight is 390 g/mol. The van der Waals surface area contributed by atoms with E-state index in [1.54, 1.807) is 30.3 Å². The zero-order chi connectivity index (χ0) is 15.7. The molecule has 2 heterocycles. The van der Waals surface area contributed by atoms with Gasteiger partial charge in [-0.2, -0.15) is 0 Å². The summed E-state index contributed by atoms with van der Waals surface area (Å²) >= 11 is 20.5. The lowest BCUT2D eigenvalue weighted by molar-refractivity contribution is 0.102. The number of amides is 1. The first-order valence-electron chi connectivity index (χ1n) is 6.00. The Morgan fingerprint density at radius 2 is 2.00 bits per heavy atom. The zero-order valence-electron chi connectivity index (χ0n) is 10.8. The molecule has 8 heteroatoms. The molecule has 0 bridgehead atoms. The molecule has 112 valence electrons. The van der Waals surface area contributed by atoms with Crippen LogP contribution >= 0.6 is 57.5 Å². The minimum atomic E-state index is -0.266. The molecular formula is C14H7Cl3N2OS2. The molecule has 0 unspecified atom stereocenters. The lowest BCUT2D eigenvalue weighted by Gasteiger charge is -2.01. The summed E-state index contributed by atoms with van der Waals surface area (Å²) in [5.41, 5.74) is 1.91. The molecule has 0 saturated heterocycles. The number of thiophene rings is 1. The van der Waals surface area contributed by atoms with Crippen LogP contribution in [0.2, 0.25) is 13.7 Å². The Morgan fingerprint density at radius 3 is 2.68 bits per heavy atom. The minimum Gasteiger partial charge on any atom is -0.298 e. The van der Waals surface area contributed by atoms with Crippen molar-refractivity contribution in [1.29, 1.82) is 0 Å². The maximum Gasteiger partial charge on any atom is 0.257 e. The van der Waals surface area contributed by atoms with Crippen LogP contribution in [0.5, 0.6) is 0 Å². The van der Waals surface area contributed by atoms with E-state index in [0.717, 1.165) is 5.56 Å². The molecule has 0 spiro atoms. The van der Waals surface area contributed by atoms with Crippen molar-refractivity contribution in [2.24, 2.45) is 0 Å². The monoisotopic (exact) mass is 388 g/mol. The lowest BCUT2D eigenvalue weighted by atomic mass is 10.2. The van der Waals surface area contributed by atoms with E-state index in [2.05, 4.69) is 10.3 Å². The standard InChI is InChI=1S/C14H7Cl3N2OS2/c15-8-3-1-2-7(4-8)13(20)19-14-18-10(6-21-14)9-5-11(16)22-12(9)17/h1-6H,(H,18,19,20). The second-order valence-corrected chi connectivity index (χ2v) is 7.82. The molecule has 3 rings (SSSR count). The molecule has 0 aliphatic carbocycles. The first-order chi connectivity index (χ1) is 10.5. The molecule has 3 nitrogen and oxygen atoms in total. The van der Waals surface area contributed by atoms with Crippen LogP contribution in [-0.2, 0) is 0 Å². The number of thiazole rings is 1. The van der Waals surface area contributed by atoms with E-state index in [9.17, 15) is 4.79 Å². The predicted molar refractivity (Wildman–Crippen MR) is 94.9 cm³/mol. The SMILES string of the molecule is O=C(Nc1nc(-c2cc(Cl)sc2Cl)cs1)c1cccc(Cl)c1. The molecule has 1 aromatic carbocycles. The number of carbonyl (C=O) groups excluding carboxylic acids is 1. The highest BCUT2D eigenvalue weighted by atomic mass is 35.5. The second-order valence-electron chi connectivity index (χ2n) is 4.24. The number of nitrogens with zero attached hydrogens (tertiary/aromatic N) is 1. The molecule has 0 radical (unpaired) electrons. The summed E-state index contributed by atoms with van der Waals surface area (Å²) in [7, 11) is 0. The fraction of sp³-hybridized carbons (Fsp3) is 0. The van der Waals surface area contributed by atoms with Crippen LogP contribution in [0, 0.1) is 0 Å². The number of hydrogen-bond acceptors (Lipinski definition) is 4. The van der Waals surface area contributed by atoms with E-state index in [0.29, 0.717) is 30.1 Å². The molecule has 1 amide bonds. The summed E-state index contributed by atoms with van der Waals surface area (Å²) in [6, 6.07) is 8.47. The highest BCUT2D eigenvalue weighted by molar-refractivity contribution is 7.20.